The second kappa shape index (κ2) is 10.6. The van der Waals surface area contributed by atoms with Crippen molar-refractivity contribution in [2.24, 2.45) is 0 Å². The number of ether oxygens (including phenoxy) is 3. The fourth-order valence-corrected chi connectivity index (χ4v) is 2.04. The van der Waals surface area contributed by atoms with Gasteiger partial charge in [0.15, 0.2) is 0 Å². The van der Waals surface area contributed by atoms with Crippen LogP contribution in [0, 0.1) is 6.92 Å². The summed E-state index contributed by atoms with van der Waals surface area (Å²) in [6, 6.07) is 6.73. The fraction of sp³-hybridized carbons (Fsp3) is 0.647. The highest BCUT2D eigenvalue weighted by Crippen LogP contribution is 2.22. The summed E-state index contributed by atoms with van der Waals surface area (Å²) in [4.78, 5) is 0. The van der Waals surface area contributed by atoms with Crippen molar-refractivity contribution in [2.45, 2.75) is 33.2 Å². The van der Waals surface area contributed by atoms with Gasteiger partial charge in [0.1, 0.15) is 12.4 Å². The van der Waals surface area contributed by atoms with Crippen LogP contribution in [0.4, 0.5) is 0 Å². The van der Waals surface area contributed by atoms with E-state index in [4.69, 9.17) is 14.2 Å². The van der Waals surface area contributed by atoms with Crippen molar-refractivity contribution in [3.8, 4) is 5.75 Å². The summed E-state index contributed by atoms with van der Waals surface area (Å²) in [7, 11) is 1.67. The van der Waals surface area contributed by atoms with E-state index >= 15 is 0 Å². The Hall–Kier alpha value is -1.10. The predicted octanol–water partition coefficient (Wildman–Crippen LogP) is 3.10. The Balaban J connectivity index is 2.39. The molecule has 1 aromatic carbocycles. The zero-order chi connectivity index (χ0) is 15.5. The average molecular weight is 295 g/mol. The zero-order valence-corrected chi connectivity index (χ0v) is 13.8. The van der Waals surface area contributed by atoms with Gasteiger partial charge in [0.05, 0.1) is 19.8 Å². The van der Waals surface area contributed by atoms with Crippen molar-refractivity contribution in [3.63, 3.8) is 0 Å². The van der Waals surface area contributed by atoms with Crippen molar-refractivity contribution in [1.29, 1.82) is 0 Å². The van der Waals surface area contributed by atoms with Gasteiger partial charge < -0.3 is 19.5 Å². The molecule has 0 bridgehead atoms. The first-order valence-electron chi connectivity index (χ1n) is 7.72. The molecule has 1 N–H and O–H groups in total. The van der Waals surface area contributed by atoms with Gasteiger partial charge in [-0.15, -0.1) is 0 Å². The van der Waals surface area contributed by atoms with Crippen LogP contribution in [0.25, 0.3) is 0 Å². The smallest absolute Gasteiger partial charge is 0.122 e. The first-order chi connectivity index (χ1) is 10.2. The second-order valence-electron chi connectivity index (χ2n) is 5.15. The number of aryl methyl sites for hydroxylation is 1. The Morgan fingerprint density at radius 3 is 2.57 bits per heavy atom. The van der Waals surface area contributed by atoms with E-state index in [1.165, 1.54) is 5.56 Å². The minimum atomic E-state index is 0.370. The van der Waals surface area contributed by atoms with Gasteiger partial charge in [0.2, 0.25) is 0 Å². The summed E-state index contributed by atoms with van der Waals surface area (Å²) in [5.41, 5.74) is 2.46. The molecular weight excluding hydrogens is 266 g/mol. The standard InChI is InChI=1S/C17H29NO3/c1-5-8-18-15(3)16-6-7-17(14(2)13-16)21-12-11-20-10-9-19-4/h6-7,13,15,18H,5,8-12H2,1-4H3. The van der Waals surface area contributed by atoms with E-state index in [2.05, 4.69) is 38.2 Å². The van der Waals surface area contributed by atoms with Crippen LogP contribution in [0.15, 0.2) is 18.2 Å². The third-order valence-electron chi connectivity index (χ3n) is 3.32. The van der Waals surface area contributed by atoms with Crippen molar-refractivity contribution >= 4 is 0 Å². The average Bonchev–Trinajstić information content (AvgIpc) is 2.49. The molecule has 1 aromatic rings. The van der Waals surface area contributed by atoms with Crippen molar-refractivity contribution in [2.75, 3.05) is 40.1 Å². The first kappa shape index (κ1) is 18.0. The molecule has 1 rings (SSSR count). The highest BCUT2D eigenvalue weighted by Gasteiger charge is 2.07. The number of hydrogen-bond acceptors (Lipinski definition) is 4. The van der Waals surface area contributed by atoms with Crippen molar-refractivity contribution in [3.05, 3.63) is 29.3 Å². The van der Waals surface area contributed by atoms with Crippen LogP contribution in [0.5, 0.6) is 5.75 Å². The molecule has 0 amide bonds. The summed E-state index contributed by atoms with van der Waals surface area (Å²) in [5, 5.41) is 3.49. The third kappa shape index (κ3) is 6.93. The first-order valence-corrected chi connectivity index (χ1v) is 7.72. The van der Waals surface area contributed by atoms with Gasteiger partial charge in [-0.1, -0.05) is 19.1 Å². The fourth-order valence-electron chi connectivity index (χ4n) is 2.04. The van der Waals surface area contributed by atoms with Crippen LogP contribution >= 0.6 is 0 Å². The molecule has 4 heteroatoms. The summed E-state index contributed by atoms with van der Waals surface area (Å²) < 4.78 is 16.0. The molecule has 0 aliphatic carbocycles. The Kier molecular flexibility index (Phi) is 9.06. The van der Waals surface area contributed by atoms with E-state index in [1.54, 1.807) is 7.11 Å². The van der Waals surface area contributed by atoms with E-state index in [9.17, 15) is 0 Å². The van der Waals surface area contributed by atoms with Gasteiger partial charge in [-0.25, -0.2) is 0 Å². The molecular formula is C17H29NO3. The summed E-state index contributed by atoms with van der Waals surface area (Å²) in [5.74, 6) is 0.928. The van der Waals surface area contributed by atoms with Gasteiger partial charge >= 0.3 is 0 Å². The lowest BCUT2D eigenvalue weighted by Gasteiger charge is -2.16. The lowest BCUT2D eigenvalue weighted by Crippen LogP contribution is -2.19. The predicted molar refractivity (Wildman–Crippen MR) is 86.1 cm³/mol. The Labute approximate surface area is 128 Å². The van der Waals surface area contributed by atoms with Crippen LogP contribution in [-0.2, 0) is 9.47 Å². The maximum absolute atomic E-state index is 5.75. The lowest BCUT2D eigenvalue weighted by atomic mass is 10.0. The molecule has 1 unspecified atom stereocenters. The minimum absolute atomic E-state index is 0.370. The van der Waals surface area contributed by atoms with Gasteiger partial charge in [0, 0.05) is 13.2 Å². The van der Waals surface area contributed by atoms with Crippen molar-refractivity contribution < 1.29 is 14.2 Å². The molecule has 4 nitrogen and oxygen atoms in total. The quantitative estimate of drug-likeness (QED) is 0.637. The Morgan fingerprint density at radius 2 is 1.90 bits per heavy atom. The summed E-state index contributed by atoms with van der Waals surface area (Å²) >= 11 is 0. The van der Waals surface area contributed by atoms with Crippen LogP contribution in [-0.4, -0.2) is 40.1 Å². The number of methoxy groups -OCH3 is 1. The van der Waals surface area contributed by atoms with Gasteiger partial charge in [-0.2, -0.15) is 0 Å². The van der Waals surface area contributed by atoms with Gasteiger partial charge in [-0.3, -0.25) is 0 Å². The highest BCUT2D eigenvalue weighted by molar-refractivity contribution is 5.37. The lowest BCUT2D eigenvalue weighted by molar-refractivity contribution is 0.0543. The molecule has 0 aliphatic heterocycles. The number of rotatable bonds is 11. The molecule has 0 spiro atoms. The molecule has 0 heterocycles. The molecule has 1 atom stereocenters. The maximum Gasteiger partial charge on any atom is 0.122 e. The largest absolute Gasteiger partial charge is 0.491 e. The molecule has 0 saturated carbocycles. The number of benzene rings is 1. The topological polar surface area (TPSA) is 39.7 Å². The van der Waals surface area contributed by atoms with E-state index in [-0.39, 0.29) is 0 Å². The molecule has 0 radical (unpaired) electrons. The minimum Gasteiger partial charge on any atom is -0.491 e. The van der Waals surface area contributed by atoms with E-state index in [1.807, 2.05) is 6.07 Å². The molecule has 0 saturated heterocycles. The van der Waals surface area contributed by atoms with Crippen LogP contribution in [0.2, 0.25) is 0 Å². The second-order valence-corrected chi connectivity index (χ2v) is 5.15. The molecule has 120 valence electrons. The zero-order valence-electron chi connectivity index (χ0n) is 13.8. The summed E-state index contributed by atoms with van der Waals surface area (Å²) in [6.45, 7) is 9.86. The van der Waals surface area contributed by atoms with Crippen molar-refractivity contribution in [1.82, 2.24) is 5.32 Å². The summed E-state index contributed by atoms with van der Waals surface area (Å²) in [6.07, 6.45) is 1.15. The molecule has 0 fully saturated rings. The monoisotopic (exact) mass is 295 g/mol. The number of nitrogens with one attached hydrogen (secondary N) is 1. The van der Waals surface area contributed by atoms with Crippen LogP contribution in [0.1, 0.15) is 37.4 Å². The third-order valence-corrected chi connectivity index (χ3v) is 3.32. The molecule has 21 heavy (non-hydrogen) atoms. The molecule has 0 aromatic heterocycles. The van der Waals surface area contributed by atoms with E-state index < -0.39 is 0 Å². The van der Waals surface area contributed by atoms with Gasteiger partial charge in [0.25, 0.3) is 0 Å². The normalized spacial score (nSPS) is 12.4. The Bertz CT molecular complexity index is 396. The maximum atomic E-state index is 5.75. The molecule has 0 aliphatic rings. The van der Waals surface area contributed by atoms with Gasteiger partial charge in [-0.05, 0) is 44.0 Å². The van der Waals surface area contributed by atoms with Crippen LogP contribution in [0.3, 0.4) is 0 Å². The Morgan fingerprint density at radius 1 is 1.14 bits per heavy atom. The SMILES string of the molecule is CCCNC(C)c1ccc(OCCOCCOC)c(C)c1. The van der Waals surface area contributed by atoms with E-state index in [0.717, 1.165) is 24.3 Å². The highest BCUT2D eigenvalue weighted by atomic mass is 16.5. The van der Waals surface area contributed by atoms with Crippen LogP contribution < -0.4 is 10.1 Å². The number of hydrogen-bond donors (Lipinski definition) is 1. The van der Waals surface area contributed by atoms with E-state index in [0.29, 0.717) is 32.5 Å².